The Kier molecular flexibility index (Phi) is 4.69. The van der Waals surface area contributed by atoms with Crippen molar-refractivity contribution in [1.82, 2.24) is 0 Å². The van der Waals surface area contributed by atoms with Crippen LogP contribution < -0.4 is 5.43 Å². The first kappa shape index (κ1) is 19.0. The predicted molar refractivity (Wildman–Crippen MR) is 116 cm³/mol. The summed E-state index contributed by atoms with van der Waals surface area (Å²) in [5.74, 6) is 0.985. The second-order valence-electron chi connectivity index (χ2n) is 7.30. The summed E-state index contributed by atoms with van der Waals surface area (Å²) in [5, 5.41) is 11.3. The van der Waals surface area contributed by atoms with Gasteiger partial charge < -0.3 is 9.15 Å². The summed E-state index contributed by atoms with van der Waals surface area (Å²) >= 11 is 0. The molecule has 2 unspecified atom stereocenters. The van der Waals surface area contributed by atoms with E-state index in [4.69, 9.17) is 9.15 Å². The van der Waals surface area contributed by atoms with Crippen molar-refractivity contribution >= 4 is 5.69 Å². The number of nitro benzene ring substituents is 1. The average molecular weight is 411 g/mol. The molecule has 31 heavy (non-hydrogen) atoms. The molecule has 1 aliphatic heterocycles. The molecule has 2 atom stereocenters. The summed E-state index contributed by atoms with van der Waals surface area (Å²) in [5.41, 5.74) is 3.01. The first-order chi connectivity index (χ1) is 15.1. The van der Waals surface area contributed by atoms with Crippen molar-refractivity contribution < 1.29 is 14.1 Å². The van der Waals surface area contributed by atoms with Gasteiger partial charge in [0.25, 0.3) is 5.69 Å². The molecule has 1 aromatic heterocycles. The van der Waals surface area contributed by atoms with Crippen LogP contribution in [-0.4, -0.2) is 4.92 Å². The van der Waals surface area contributed by atoms with Gasteiger partial charge in [-0.25, -0.2) is 0 Å². The number of nitrogens with zero attached hydrogens (tertiary/aromatic N) is 1. The second-order valence-corrected chi connectivity index (χ2v) is 7.30. The van der Waals surface area contributed by atoms with Gasteiger partial charge in [0.1, 0.15) is 23.7 Å². The summed E-state index contributed by atoms with van der Waals surface area (Å²) in [4.78, 5) is 23.1. The van der Waals surface area contributed by atoms with Crippen molar-refractivity contribution in [1.29, 1.82) is 0 Å². The molecular formula is C25H17NO5. The Labute approximate surface area is 177 Å². The fraction of sp³-hybridized carbons (Fsp3) is 0.0800. The lowest BCUT2D eigenvalue weighted by molar-refractivity contribution is -0.385. The molecule has 1 fully saturated rings. The van der Waals surface area contributed by atoms with Crippen LogP contribution in [0.1, 0.15) is 23.3 Å². The molecule has 0 spiro atoms. The van der Waals surface area contributed by atoms with Crippen LogP contribution in [0.5, 0.6) is 0 Å². The smallest absolute Gasteiger partial charge is 0.275 e. The van der Waals surface area contributed by atoms with Gasteiger partial charge in [0.05, 0.1) is 10.5 Å². The first-order valence-electron chi connectivity index (χ1n) is 9.80. The standard InChI is InChI=1S/C25H17NO5/c27-19-14-22(16-6-2-1-3-7-16)30-23(15-19)17-10-12-18(13-11-17)24-25(31-24)20-8-4-5-9-21(20)26(28)29/h1-15,24-25H. The number of hydrogen-bond donors (Lipinski definition) is 0. The van der Waals surface area contributed by atoms with Gasteiger partial charge in [-0.3, -0.25) is 14.9 Å². The van der Waals surface area contributed by atoms with Crippen LogP contribution >= 0.6 is 0 Å². The van der Waals surface area contributed by atoms with E-state index in [9.17, 15) is 14.9 Å². The molecule has 2 heterocycles. The molecule has 0 N–H and O–H groups in total. The molecule has 1 aliphatic rings. The highest BCUT2D eigenvalue weighted by molar-refractivity contribution is 5.63. The summed E-state index contributed by atoms with van der Waals surface area (Å²) in [6.45, 7) is 0. The summed E-state index contributed by atoms with van der Waals surface area (Å²) in [7, 11) is 0. The van der Waals surface area contributed by atoms with Crippen molar-refractivity contribution in [3.05, 3.63) is 122 Å². The Hall–Kier alpha value is -4.03. The molecule has 152 valence electrons. The molecular weight excluding hydrogens is 394 g/mol. The Morgan fingerprint density at radius 1 is 0.742 bits per heavy atom. The highest BCUT2D eigenvalue weighted by Gasteiger charge is 2.44. The SMILES string of the molecule is O=c1cc(-c2ccccc2)oc(-c2ccc(C3OC3c3ccccc3[N+](=O)[O-])cc2)c1. The summed E-state index contributed by atoms with van der Waals surface area (Å²) < 4.78 is 11.7. The highest BCUT2D eigenvalue weighted by atomic mass is 16.6. The minimum absolute atomic E-state index is 0.0612. The van der Waals surface area contributed by atoms with Crippen LogP contribution in [-0.2, 0) is 4.74 Å². The molecule has 4 aromatic rings. The third kappa shape index (κ3) is 3.76. The molecule has 1 saturated heterocycles. The topological polar surface area (TPSA) is 85.9 Å². The lowest BCUT2D eigenvalue weighted by atomic mass is 10.0. The maximum Gasteiger partial charge on any atom is 0.275 e. The van der Waals surface area contributed by atoms with Crippen LogP contribution in [0, 0.1) is 10.1 Å². The zero-order valence-electron chi connectivity index (χ0n) is 16.3. The minimum atomic E-state index is -0.390. The van der Waals surface area contributed by atoms with Crippen LogP contribution in [0.4, 0.5) is 5.69 Å². The van der Waals surface area contributed by atoms with Crippen LogP contribution in [0.3, 0.4) is 0 Å². The van der Waals surface area contributed by atoms with E-state index in [1.807, 2.05) is 54.6 Å². The minimum Gasteiger partial charge on any atom is -0.456 e. The quantitative estimate of drug-likeness (QED) is 0.239. The maximum atomic E-state index is 12.2. The lowest BCUT2D eigenvalue weighted by Gasteiger charge is -2.06. The number of para-hydroxylation sites is 1. The van der Waals surface area contributed by atoms with E-state index in [1.54, 1.807) is 18.2 Å². The van der Waals surface area contributed by atoms with Crippen molar-refractivity contribution in [2.24, 2.45) is 0 Å². The molecule has 0 aliphatic carbocycles. The van der Waals surface area contributed by atoms with E-state index in [-0.39, 0.29) is 28.2 Å². The van der Waals surface area contributed by atoms with Crippen LogP contribution in [0.25, 0.3) is 22.6 Å². The van der Waals surface area contributed by atoms with Gasteiger partial charge in [-0.2, -0.15) is 0 Å². The second kappa shape index (κ2) is 7.66. The van der Waals surface area contributed by atoms with Gasteiger partial charge in [-0.15, -0.1) is 0 Å². The molecule has 0 saturated carbocycles. The number of nitro groups is 1. The molecule has 0 amide bonds. The number of epoxide rings is 1. The van der Waals surface area contributed by atoms with E-state index in [0.717, 1.165) is 16.7 Å². The van der Waals surface area contributed by atoms with Gasteiger partial charge in [0, 0.05) is 29.3 Å². The molecule has 0 bridgehead atoms. The van der Waals surface area contributed by atoms with Crippen LogP contribution in [0.2, 0.25) is 0 Å². The fourth-order valence-electron chi connectivity index (χ4n) is 3.70. The molecule has 5 rings (SSSR count). The van der Waals surface area contributed by atoms with Crippen molar-refractivity contribution in [2.45, 2.75) is 12.2 Å². The Bertz CT molecular complexity index is 1310. The van der Waals surface area contributed by atoms with E-state index in [0.29, 0.717) is 17.1 Å². The van der Waals surface area contributed by atoms with Crippen LogP contribution in [0.15, 0.2) is 100 Å². The summed E-state index contributed by atoms with van der Waals surface area (Å²) in [6, 6.07) is 26.5. The molecule has 0 radical (unpaired) electrons. The third-order valence-corrected chi connectivity index (χ3v) is 5.28. The first-order valence-corrected chi connectivity index (χ1v) is 9.80. The van der Waals surface area contributed by atoms with Gasteiger partial charge >= 0.3 is 0 Å². The van der Waals surface area contributed by atoms with Crippen molar-refractivity contribution in [2.75, 3.05) is 0 Å². The van der Waals surface area contributed by atoms with Gasteiger partial charge in [-0.1, -0.05) is 66.7 Å². The average Bonchev–Trinajstić information content (AvgIpc) is 3.60. The Balaban J connectivity index is 1.40. The molecule has 6 heteroatoms. The van der Waals surface area contributed by atoms with E-state index in [1.165, 1.54) is 18.2 Å². The lowest BCUT2D eigenvalue weighted by Crippen LogP contribution is -1.98. The van der Waals surface area contributed by atoms with Gasteiger partial charge in [-0.05, 0) is 11.6 Å². The van der Waals surface area contributed by atoms with Gasteiger partial charge in [0.2, 0.25) is 0 Å². The molecule has 3 aromatic carbocycles. The zero-order valence-corrected chi connectivity index (χ0v) is 16.3. The van der Waals surface area contributed by atoms with E-state index >= 15 is 0 Å². The zero-order chi connectivity index (χ0) is 21.4. The number of benzene rings is 3. The summed E-state index contributed by atoms with van der Waals surface area (Å²) in [6.07, 6.45) is -0.579. The third-order valence-electron chi connectivity index (χ3n) is 5.28. The van der Waals surface area contributed by atoms with Gasteiger partial charge in [0.15, 0.2) is 5.43 Å². The predicted octanol–water partition coefficient (Wildman–Crippen LogP) is 5.69. The highest BCUT2D eigenvalue weighted by Crippen LogP contribution is 2.53. The fourth-order valence-corrected chi connectivity index (χ4v) is 3.70. The number of hydrogen-bond acceptors (Lipinski definition) is 5. The number of ether oxygens (including phenoxy) is 1. The van der Waals surface area contributed by atoms with Crippen molar-refractivity contribution in [3.8, 4) is 22.6 Å². The Morgan fingerprint density at radius 3 is 2.03 bits per heavy atom. The normalized spacial score (nSPS) is 17.3. The van der Waals surface area contributed by atoms with Crippen molar-refractivity contribution in [3.63, 3.8) is 0 Å². The van der Waals surface area contributed by atoms with E-state index in [2.05, 4.69) is 0 Å². The molecule has 6 nitrogen and oxygen atoms in total. The largest absolute Gasteiger partial charge is 0.456 e. The maximum absolute atomic E-state index is 12.2. The number of rotatable bonds is 5. The van der Waals surface area contributed by atoms with E-state index < -0.39 is 0 Å². The Morgan fingerprint density at radius 2 is 1.35 bits per heavy atom. The monoisotopic (exact) mass is 411 g/mol.